The van der Waals surface area contributed by atoms with E-state index >= 15 is 0 Å². The first-order valence-corrected chi connectivity index (χ1v) is 5.61. The van der Waals surface area contributed by atoms with E-state index in [-0.39, 0.29) is 5.41 Å². The zero-order valence-electron chi connectivity index (χ0n) is 10.4. The van der Waals surface area contributed by atoms with E-state index in [1.807, 2.05) is 0 Å². The van der Waals surface area contributed by atoms with Gasteiger partial charge in [-0.2, -0.15) is 0 Å². The highest BCUT2D eigenvalue weighted by Crippen LogP contribution is 2.24. The molecule has 3 nitrogen and oxygen atoms in total. The fourth-order valence-electron chi connectivity index (χ4n) is 1.89. The molecule has 0 saturated carbocycles. The number of benzene rings is 1. The highest BCUT2D eigenvalue weighted by Gasteiger charge is 2.22. The van der Waals surface area contributed by atoms with Crippen molar-refractivity contribution in [1.82, 2.24) is 9.97 Å². The highest BCUT2D eigenvalue weighted by molar-refractivity contribution is 5.79. The van der Waals surface area contributed by atoms with Crippen molar-refractivity contribution in [3.8, 4) is 0 Å². The molecule has 1 heterocycles. The third-order valence-corrected chi connectivity index (χ3v) is 3.07. The molecule has 3 heteroatoms. The molecular formula is C13H19N3. The van der Waals surface area contributed by atoms with E-state index in [9.17, 15) is 0 Å². The Labute approximate surface area is 96.1 Å². The highest BCUT2D eigenvalue weighted by atomic mass is 14.9. The maximum absolute atomic E-state index is 5.77. The number of aromatic nitrogens is 2. The van der Waals surface area contributed by atoms with Crippen molar-refractivity contribution in [3.05, 3.63) is 29.1 Å². The van der Waals surface area contributed by atoms with Crippen LogP contribution in [0.3, 0.4) is 0 Å². The van der Waals surface area contributed by atoms with Crippen LogP contribution in [-0.2, 0) is 5.41 Å². The van der Waals surface area contributed by atoms with Crippen LogP contribution >= 0.6 is 0 Å². The lowest BCUT2D eigenvalue weighted by atomic mass is 9.93. The predicted molar refractivity (Wildman–Crippen MR) is 67.6 cm³/mol. The first kappa shape index (κ1) is 11.1. The number of aryl methyl sites for hydroxylation is 2. The third-order valence-electron chi connectivity index (χ3n) is 3.07. The number of fused-ring (bicyclic) bond motifs is 1. The van der Waals surface area contributed by atoms with E-state index in [1.54, 1.807) is 0 Å². The van der Waals surface area contributed by atoms with Gasteiger partial charge in [0.25, 0.3) is 0 Å². The molecule has 0 bridgehead atoms. The standard InChI is InChI=1S/C13H19N3/c1-8-5-9(2)11-10(6-8)15-12(16-11)13(3,4)7-14/h5-6H,7,14H2,1-4H3,(H,15,16). The van der Waals surface area contributed by atoms with Gasteiger partial charge in [0, 0.05) is 12.0 Å². The third kappa shape index (κ3) is 1.71. The second-order valence-corrected chi connectivity index (χ2v) is 5.15. The molecule has 0 aliphatic carbocycles. The number of hydrogen-bond donors (Lipinski definition) is 2. The van der Waals surface area contributed by atoms with Gasteiger partial charge in [-0.3, -0.25) is 0 Å². The van der Waals surface area contributed by atoms with Crippen LogP contribution in [0.5, 0.6) is 0 Å². The zero-order chi connectivity index (χ0) is 11.9. The van der Waals surface area contributed by atoms with Crippen LogP contribution in [0.2, 0.25) is 0 Å². The minimum atomic E-state index is -0.0979. The topological polar surface area (TPSA) is 54.7 Å². The van der Waals surface area contributed by atoms with E-state index in [0.29, 0.717) is 6.54 Å². The Balaban J connectivity index is 2.65. The SMILES string of the molecule is Cc1cc(C)c2nc(C(C)(C)CN)[nH]c2c1. The Hall–Kier alpha value is -1.35. The Kier molecular flexibility index (Phi) is 2.50. The van der Waals surface area contributed by atoms with Crippen LogP contribution in [0.1, 0.15) is 30.8 Å². The molecule has 0 aliphatic rings. The molecule has 0 radical (unpaired) electrons. The monoisotopic (exact) mass is 217 g/mol. The summed E-state index contributed by atoms with van der Waals surface area (Å²) in [4.78, 5) is 8.04. The Morgan fingerprint density at radius 2 is 2.00 bits per heavy atom. The van der Waals surface area contributed by atoms with Crippen molar-refractivity contribution in [2.24, 2.45) is 5.73 Å². The minimum Gasteiger partial charge on any atom is -0.341 e. The van der Waals surface area contributed by atoms with Gasteiger partial charge in [0.05, 0.1) is 11.0 Å². The first-order chi connectivity index (χ1) is 7.44. The summed E-state index contributed by atoms with van der Waals surface area (Å²) in [5, 5.41) is 0. The smallest absolute Gasteiger partial charge is 0.114 e. The Morgan fingerprint density at radius 3 is 2.62 bits per heavy atom. The van der Waals surface area contributed by atoms with Crippen molar-refractivity contribution in [2.45, 2.75) is 33.1 Å². The predicted octanol–water partition coefficient (Wildman–Crippen LogP) is 2.42. The largest absolute Gasteiger partial charge is 0.341 e. The van der Waals surface area contributed by atoms with Crippen molar-refractivity contribution < 1.29 is 0 Å². The molecule has 0 aliphatic heterocycles. The van der Waals surface area contributed by atoms with Gasteiger partial charge in [-0.1, -0.05) is 19.9 Å². The molecule has 0 spiro atoms. The van der Waals surface area contributed by atoms with E-state index in [4.69, 9.17) is 5.73 Å². The van der Waals surface area contributed by atoms with Crippen molar-refractivity contribution in [2.75, 3.05) is 6.54 Å². The maximum Gasteiger partial charge on any atom is 0.114 e. The van der Waals surface area contributed by atoms with Crippen molar-refractivity contribution >= 4 is 11.0 Å². The van der Waals surface area contributed by atoms with Gasteiger partial charge in [-0.25, -0.2) is 4.98 Å². The average molecular weight is 217 g/mol. The number of imidazole rings is 1. The fourth-order valence-corrected chi connectivity index (χ4v) is 1.89. The molecule has 0 atom stereocenters. The van der Waals surface area contributed by atoms with Crippen LogP contribution in [0.15, 0.2) is 12.1 Å². The number of hydrogen-bond acceptors (Lipinski definition) is 2. The summed E-state index contributed by atoms with van der Waals surface area (Å²) in [5.74, 6) is 0.971. The molecule has 0 unspecified atom stereocenters. The molecule has 1 aromatic heterocycles. The van der Waals surface area contributed by atoms with E-state index < -0.39 is 0 Å². The summed E-state index contributed by atoms with van der Waals surface area (Å²) in [6.45, 7) is 8.99. The second-order valence-electron chi connectivity index (χ2n) is 5.15. The van der Waals surface area contributed by atoms with E-state index in [1.165, 1.54) is 11.1 Å². The molecule has 2 rings (SSSR count). The summed E-state index contributed by atoms with van der Waals surface area (Å²) < 4.78 is 0. The molecule has 3 N–H and O–H groups in total. The number of aromatic amines is 1. The summed E-state index contributed by atoms with van der Waals surface area (Å²) in [6.07, 6.45) is 0. The van der Waals surface area contributed by atoms with Gasteiger partial charge < -0.3 is 10.7 Å². The van der Waals surface area contributed by atoms with E-state index in [0.717, 1.165) is 16.9 Å². The number of rotatable bonds is 2. The van der Waals surface area contributed by atoms with Gasteiger partial charge in [0.15, 0.2) is 0 Å². The second kappa shape index (κ2) is 3.59. The minimum absolute atomic E-state index is 0.0979. The van der Waals surface area contributed by atoms with Gasteiger partial charge in [-0.05, 0) is 31.0 Å². The Bertz CT molecular complexity index is 523. The lowest BCUT2D eigenvalue weighted by Crippen LogP contribution is -2.29. The molecule has 0 saturated heterocycles. The number of H-pyrrole nitrogens is 1. The average Bonchev–Trinajstić information content (AvgIpc) is 2.62. The van der Waals surface area contributed by atoms with Crippen LogP contribution < -0.4 is 5.73 Å². The van der Waals surface area contributed by atoms with Gasteiger partial charge in [-0.15, -0.1) is 0 Å². The van der Waals surface area contributed by atoms with E-state index in [2.05, 4.69) is 49.8 Å². The van der Waals surface area contributed by atoms with Gasteiger partial charge in [0.1, 0.15) is 5.82 Å². The summed E-state index contributed by atoms with van der Waals surface area (Å²) in [6, 6.07) is 4.29. The molecule has 0 fully saturated rings. The fraction of sp³-hybridized carbons (Fsp3) is 0.462. The first-order valence-electron chi connectivity index (χ1n) is 5.61. The lowest BCUT2D eigenvalue weighted by Gasteiger charge is -2.18. The van der Waals surface area contributed by atoms with Crippen molar-refractivity contribution in [1.29, 1.82) is 0 Å². The summed E-state index contributed by atoms with van der Waals surface area (Å²) in [5.41, 5.74) is 10.3. The van der Waals surface area contributed by atoms with Crippen LogP contribution in [-0.4, -0.2) is 16.5 Å². The quantitative estimate of drug-likeness (QED) is 0.811. The number of nitrogens with zero attached hydrogens (tertiary/aromatic N) is 1. The molecule has 2 aromatic rings. The molecule has 16 heavy (non-hydrogen) atoms. The molecule has 86 valence electrons. The van der Waals surface area contributed by atoms with Gasteiger partial charge >= 0.3 is 0 Å². The molecule has 0 amide bonds. The normalized spacial score (nSPS) is 12.3. The van der Waals surface area contributed by atoms with Crippen molar-refractivity contribution in [3.63, 3.8) is 0 Å². The number of nitrogens with one attached hydrogen (secondary N) is 1. The molecular weight excluding hydrogens is 198 g/mol. The lowest BCUT2D eigenvalue weighted by molar-refractivity contribution is 0.509. The van der Waals surface area contributed by atoms with Crippen LogP contribution in [0.4, 0.5) is 0 Å². The zero-order valence-corrected chi connectivity index (χ0v) is 10.4. The molecule has 1 aromatic carbocycles. The van der Waals surface area contributed by atoms with Gasteiger partial charge in [0.2, 0.25) is 0 Å². The Morgan fingerprint density at radius 1 is 1.31 bits per heavy atom. The summed E-state index contributed by atoms with van der Waals surface area (Å²) in [7, 11) is 0. The van der Waals surface area contributed by atoms with Crippen LogP contribution in [0, 0.1) is 13.8 Å². The van der Waals surface area contributed by atoms with Crippen LogP contribution in [0.25, 0.3) is 11.0 Å². The maximum atomic E-state index is 5.77. The number of nitrogens with two attached hydrogens (primary N) is 1. The summed E-state index contributed by atoms with van der Waals surface area (Å²) >= 11 is 0.